The molecule has 0 spiro atoms. The van der Waals surface area contributed by atoms with Gasteiger partial charge in [0, 0.05) is 30.4 Å². The molecule has 0 bridgehead atoms. The zero-order valence-electron chi connectivity index (χ0n) is 9.08. The third-order valence-corrected chi connectivity index (χ3v) is 2.71. The van der Waals surface area contributed by atoms with Gasteiger partial charge in [0.05, 0.1) is 16.9 Å². The molecule has 3 nitrogen and oxygen atoms in total. The van der Waals surface area contributed by atoms with E-state index in [1.165, 1.54) is 0 Å². The Morgan fingerprint density at radius 1 is 1.18 bits per heavy atom. The number of ether oxygens (including phenoxy) is 1. The van der Waals surface area contributed by atoms with Crippen LogP contribution in [0.25, 0.3) is 0 Å². The van der Waals surface area contributed by atoms with Gasteiger partial charge < -0.3 is 10.1 Å². The Morgan fingerprint density at radius 2 is 2.00 bits per heavy atom. The Labute approximate surface area is 109 Å². The molecule has 0 aliphatic heterocycles. The molecule has 0 aliphatic rings. The van der Waals surface area contributed by atoms with Crippen molar-refractivity contribution in [3.8, 4) is 11.5 Å². The lowest BCUT2D eigenvalue weighted by Gasteiger charge is -2.11. The zero-order valence-corrected chi connectivity index (χ0v) is 10.6. The highest BCUT2D eigenvalue weighted by Gasteiger charge is 2.07. The number of benzene rings is 1. The van der Waals surface area contributed by atoms with Gasteiger partial charge in [-0.15, -0.1) is 0 Å². The van der Waals surface area contributed by atoms with Crippen LogP contribution in [-0.2, 0) is 0 Å². The van der Waals surface area contributed by atoms with Gasteiger partial charge in [-0.1, -0.05) is 23.2 Å². The second-order valence-electron chi connectivity index (χ2n) is 3.30. The lowest BCUT2D eigenvalue weighted by molar-refractivity contribution is 0.484. The first-order chi connectivity index (χ1) is 8.20. The Kier molecular flexibility index (Phi) is 3.71. The summed E-state index contributed by atoms with van der Waals surface area (Å²) in [5, 5.41) is 4.07. The maximum Gasteiger partial charge on any atom is 0.153 e. The first kappa shape index (κ1) is 12.0. The number of aromatic nitrogens is 1. The molecule has 0 unspecified atom stereocenters. The van der Waals surface area contributed by atoms with Crippen molar-refractivity contribution in [3.05, 3.63) is 46.7 Å². The highest BCUT2D eigenvalue weighted by molar-refractivity contribution is 6.34. The van der Waals surface area contributed by atoms with E-state index >= 15 is 0 Å². The highest BCUT2D eigenvalue weighted by atomic mass is 35.5. The number of hydrogen-bond donors (Lipinski definition) is 1. The van der Waals surface area contributed by atoms with E-state index in [0.29, 0.717) is 21.5 Å². The van der Waals surface area contributed by atoms with Crippen LogP contribution in [-0.4, -0.2) is 12.0 Å². The van der Waals surface area contributed by atoms with Gasteiger partial charge in [-0.25, -0.2) is 0 Å². The van der Waals surface area contributed by atoms with Gasteiger partial charge in [0.15, 0.2) is 5.75 Å². The summed E-state index contributed by atoms with van der Waals surface area (Å²) in [5.74, 6) is 1.16. The Balaban J connectivity index is 2.34. The van der Waals surface area contributed by atoms with Crippen molar-refractivity contribution in [3.63, 3.8) is 0 Å². The molecule has 17 heavy (non-hydrogen) atoms. The predicted octanol–water partition coefficient (Wildman–Crippen LogP) is 4.22. The number of rotatable bonds is 3. The van der Waals surface area contributed by atoms with Crippen molar-refractivity contribution in [2.75, 3.05) is 12.4 Å². The van der Waals surface area contributed by atoms with Crippen LogP contribution >= 0.6 is 23.2 Å². The highest BCUT2D eigenvalue weighted by Crippen LogP contribution is 2.34. The van der Waals surface area contributed by atoms with Gasteiger partial charge in [-0.2, -0.15) is 0 Å². The molecule has 0 aliphatic carbocycles. The number of nitrogens with zero attached hydrogens (tertiary/aromatic N) is 1. The summed E-state index contributed by atoms with van der Waals surface area (Å²) >= 11 is 11.9. The van der Waals surface area contributed by atoms with Crippen LogP contribution in [0.3, 0.4) is 0 Å². The fourth-order valence-corrected chi connectivity index (χ4v) is 1.65. The minimum atomic E-state index is 0.508. The lowest BCUT2D eigenvalue weighted by Crippen LogP contribution is -1.94. The molecule has 88 valence electrons. The topological polar surface area (TPSA) is 34.2 Å². The third kappa shape index (κ3) is 2.81. The van der Waals surface area contributed by atoms with E-state index in [2.05, 4.69) is 10.3 Å². The number of nitrogens with one attached hydrogen (secondary N) is 1. The quantitative estimate of drug-likeness (QED) is 0.905. The standard InChI is InChI=1S/C12H10Cl2N2O/c1-15-10-7-16-5-4-11(10)17-12-6-8(13)2-3-9(12)14/h2-7,15H,1H3. The molecule has 0 saturated carbocycles. The SMILES string of the molecule is CNc1cnccc1Oc1cc(Cl)ccc1Cl. The van der Waals surface area contributed by atoms with Crippen molar-refractivity contribution in [2.24, 2.45) is 0 Å². The van der Waals surface area contributed by atoms with E-state index in [1.54, 1.807) is 43.7 Å². The van der Waals surface area contributed by atoms with Gasteiger partial charge >= 0.3 is 0 Å². The molecule has 1 heterocycles. The molecule has 1 N–H and O–H groups in total. The average Bonchev–Trinajstić information content (AvgIpc) is 2.34. The Bertz CT molecular complexity index is 532. The molecule has 0 amide bonds. The first-order valence-electron chi connectivity index (χ1n) is 4.95. The summed E-state index contributed by atoms with van der Waals surface area (Å²) in [4.78, 5) is 4.00. The molecule has 1 aromatic carbocycles. The van der Waals surface area contributed by atoms with E-state index in [9.17, 15) is 0 Å². The average molecular weight is 269 g/mol. The second kappa shape index (κ2) is 5.25. The maximum absolute atomic E-state index is 6.02. The minimum Gasteiger partial charge on any atom is -0.453 e. The molecule has 2 aromatic rings. The molecule has 0 fully saturated rings. The minimum absolute atomic E-state index is 0.508. The zero-order chi connectivity index (χ0) is 12.3. The molecule has 2 rings (SSSR count). The number of anilines is 1. The van der Waals surface area contributed by atoms with Gasteiger partial charge in [-0.05, 0) is 12.1 Å². The van der Waals surface area contributed by atoms with Crippen molar-refractivity contribution in [1.82, 2.24) is 4.98 Å². The monoisotopic (exact) mass is 268 g/mol. The molecule has 0 radical (unpaired) electrons. The van der Waals surface area contributed by atoms with Crippen molar-refractivity contribution >= 4 is 28.9 Å². The number of hydrogen-bond acceptors (Lipinski definition) is 3. The number of pyridine rings is 1. The van der Waals surface area contributed by atoms with Crippen LogP contribution in [0.5, 0.6) is 11.5 Å². The summed E-state index contributed by atoms with van der Waals surface area (Å²) in [6.45, 7) is 0. The molecule has 0 atom stereocenters. The summed E-state index contributed by atoms with van der Waals surface area (Å²) in [6.07, 6.45) is 3.32. The van der Waals surface area contributed by atoms with Gasteiger partial charge in [-0.3, -0.25) is 4.98 Å². The van der Waals surface area contributed by atoms with E-state index in [0.717, 1.165) is 5.69 Å². The summed E-state index contributed by atoms with van der Waals surface area (Å²) < 4.78 is 5.69. The van der Waals surface area contributed by atoms with Crippen LogP contribution in [0.1, 0.15) is 0 Å². The largest absolute Gasteiger partial charge is 0.453 e. The van der Waals surface area contributed by atoms with Crippen molar-refractivity contribution in [1.29, 1.82) is 0 Å². The van der Waals surface area contributed by atoms with E-state index in [1.807, 2.05) is 0 Å². The van der Waals surface area contributed by atoms with E-state index in [4.69, 9.17) is 27.9 Å². The molecule has 5 heteroatoms. The first-order valence-corrected chi connectivity index (χ1v) is 5.71. The summed E-state index contributed by atoms with van der Waals surface area (Å²) in [5.41, 5.74) is 0.781. The Morgan fingerprint density at radius 3 is 2.76 bits per heavy atom. The van der Waals surface area contributed by atoms with Gasteiger partial charge in [0.1, 0.15) is 5.75 Å². The molecular formula is C12H10Cl2N2O. The van der Waals surface area contributed by atoms with Crippen LogP contribution in [0, 0.1) is 0 Å². The van der Waals surface area contributed by atoms with E-state index in [-0.39, 0.29) is 0 Å². The van der Waals surface area contributed by atoms with Crippen LogP contribution in [0.15, 0.2) is 36.7 Å². The maximum atomic E-state index is 6.02. The predicted molar refractivity (Wildman–Crippen MR) is 70.3 cm³/mol. The fraction of sp³-hybridized carbons (Fsp3) is 0.0833. The summed E-state index contributed by atoms with van der Waals surface area (Å²) in [7, 11) is 1.80. The van der Waals surface area contributed by atoms with Crippen LogP contribution in [0.4, 0.5) is 5.69 Å². The molecule has 0 saturated heterocycles. The second-order valence-corrected chi connectivity index (χ2v) is 4.14. The van der Waals surface area contributed by atoms with Crippen LogP contribution in [0.2, 0.25) is 10.0 Å². The fourth-order valence-electron chi connectivity index (χ4n) is 1.33. The lowest BCUT2D eigenvalue weighted by atomic mass is 10.3. The summed E-state index contributed by atoms with van der Waals surface area (Å²) in [6, 6.07) is 6.83. The third-order valence-electron chi connectivity index (χ3n) is 2.16. The van der Waals surface area contributed by atoms with Crippen molar-refractivity contribution < 1.29 is 4.74 Å². The smallest absolute Gasteiger partial charge is 0.153 e. The number of halogens is 2. The normalized spacial score (nSPS) is 10.1. The molecular weight excluding hydrogens is 259 g/mol. The Hall–Kier alpha value is -1.45. The van der Waals surface area contributed by atoms with E-state index < -0.39 is 0 Å². The molecule has 1 aromatic heterocycles. The van der Waals surface area contributed by atoms with Gasteiger partial charge in [0.2, 0.25) is 0 Å². The van der Waals surface area contributed by atoms with Crippen molar-refractivity contribution in [2.45, 2.75) is 0 Å². The van der Waals surface area contributed by atoms with Gasteiger partial charge in [0.25, 0.3) is 0 Å². The van der Waals surface area contributed by atoms with Crippen LogP contribution < -0.4 is 10.1 Å².